The van der Waals surface area contributed by atoms with Crippen LogP contribution in [-0.2, 0) is 19.1 Å². The fourth-order valence-corrected chi connectivity index (χ4v) is 4.17. The zero-order chi connectivity index (χ0) is 21.2. The van der Waals surface area contributed by atoms with Gasteiger partial charge in [0.25, 0.3) is 5.91 Å². The van der Waals surface area contributed by atoms with Gasteiger partial charge in [0, 0.05) is 18.6 Å². The van der Waals surface area contributed by atoms with E-state index in [1.807, 2.05) is 20.8 Å². The molecule has 0 saturated heterocycles. The molecule has 0 bridgehead atoms. The van der Waals surface area contributed by atoms with Crippen LogP contribution in [0.4, 0.5) is 0 Å². The smallest absolute Gasteiger partial charge is 0.303 e. The molecule has 0 radical (unpaired) electrons. The van der Waals surface area contributed by atoms with Crippen molar-refractivity contribution < 1.29 is 23.8 Å². The lowest BCUT2D eigenvalue weighted by molar-refractivity contribution is -0.177. The first-order valence-electron chi connectivity index (χ1n) is 9.93. The Bertz CT molecular complexity index is 882. The Balaban J connectivity index is 2.16. The molecule has 0 N–H and O–H groups in total. The van der Waals surface area contributed by atoms with Crippen molar-refractivity contribution in [2.24, 2.45) is 0 Å². The van der Waals surface area contributed by atoms with E-state index in [1.54, 1.807) is 23.1 Å². The van der Waals surface area contributed by atoms with Crippen molar-refractivity contribution in [2.45, 2.75) is 58.3 Å². The lowest BCUT2D eigenvalue weighted by Crippen LogP contribution is -2.58. The van der Waals surface area contributed by atoms with E-state index in [4.69, 9.17) is 14.2 Å². The molecule has 3 rings (SSSR count). The molecule has 29 heavy (non-hydrogen) atoms. The Morgan fingerprint density at radius 3 is 2.66 bits per heavy atom. The predicted molar refractivity (Wildman–Crippen MR) is 105 cm³/mol. The molecule has 2 aliphatic heterocycles. The van der Waals surface area contributed by atoms with Gasteiger partial charge in [-0.3, -0.25) is 9.59 Å². The van der Waals surface area contributed by atoms with Crippen LogP contribution in [0.5, 0.6) is 5.75 Å². The molecule has 0 aromatic heterocycles. The monoisotopic (exact) mass is 398 g/mol. The van der Waals surface area contributed by atoms with Crippen molar-refractivity contribution in [3.05, 3.63) is 41.2 Å². The number of ether oxygens (including phenoxy) is 3. The number of benzene rings is 1. The summed E-state index contributed by atoms with van der Waals surface area (Å²) in [6.07, 6.45) is 1.93. The van der Waals surface area contributed by atoms with E-state index in [2.05, 4.69) is 6.07 Å². The molecule has 0 aliphatic carbocycles. The summed E-state index contributed by atoms with van der Waals surface area (Å²) >= 11 is 0. The zero-order valence-corrected chi connectivity index (χ0v) is 17.2. The van der Waals surface area contributed by atoms with E-state index < -0.39 is 23.7 Å². The first-order valence-corrected chi connectivity index (χ1v) is 9.93. The SMILES string of the molecule is CCOC1=CC(=O)N([C@H]2c3cc(C#N)ccc3OC(CC)(CC)[C@@H]2OC(C)=O)C1. The highest BCUT2D eigenvalue weighted by Crippen LogP contribution is 2.48. The molecule has 1 aromatic carbocycles. The van der Waals surface area contributed by atoms with E-state index >= 15 is 0 Å². The number of nitriles is 1. The highest BCUT2D eigenvalue weighted by molar-refractivity contribution is 5.91. The number of carbonyl (C=O) groups is 2. The molecule has 0 fully saturated rings. The van der Waals surface area contributed by atoms with Crippen LogP contribution < -0.4 is 4.74 Å². The topological polar surface area (TPSA) is 88.9 Å². The first kappa shape index (κ1) is 20.7. The van der Waals surface area contributed by atoms with Crippen LogP contribution in [0.15, 0.2) is 30.0 Å². The lowest BCUT2D eigenvalue weighted by atomic mass is 9.79. The predicted octanol–water partition coefficient (Wildman–Crippen LogP) is 3.24. The quantitative estimate of drug-likeness (QED) is 0.684. The number of carbonyl (C=O) groups excluding carboxylic acids is 2. The molecule has 2 heterocycles. The molecule has 1 amide bonds. The Morgan fingerprint density at radius 2 is 2.07 bits per heavy atom. The number of rotatable bonds is 6. The molecule has 0 unspecified atom stereocenters. The van der Waals surface area contributed by atoms with E-state index in [9.17, 15) is 14.9 Å². The van der Waals surface area contributed by atoms with Gasteiger partial charge in [-0.25, -0.2) is 0 Å². The maximum absolute atomic E-state index is 12.9. The van der Waals surface area contributed by atoms with Gasteiger partial charge >= 0.3 is 5.97 Å². The molecule has 2 atom stereocenters. The molecule has 0 saturated carbocycles. The van der Waals surface area contributed by atoms with Crippen molar-refractivity contribution in [2.75, 3.05) is 13.2 Å². The molecular weight excluding hydrogens is 372 g/mol. The summed E-state index contributed by atoms with van der Waals surface area (Å²) in [6.45, 7) is 7.89. The average Bonchev–Trinajstić information content (AvgIpc) is 3.06. The molecule has 0 spiro atoms. The minimum atomic E-state index is -0.786. The number of hydrogen-bond acceptors (Lipinski definition) is 6. The first-order chi connectivity index (χ1) is 13.9. The van der Waals surface area contributed by atoms with Gasteiger partial charge in [-0.05, 0) is 38.0 Å². The average molecular weight is 398 g/mol. The second-order valence-electron chi connectivity index (χ2n) is 7.22. The molecule has 7 heteroatoms. The van der Waals surface area contributed by atoms with Gasteiger partial charge in [0.2, 0.25) is 0 Å². The largest absolute Gasteiger partial charge is 0.496 e. The molecule has 7 nitrogen and oxygen atoms in total. The van der Waals surface area contributed by atoms with Crippen LogP contribution in [0.3, 0.4) is 0 Å². The number of esters is 1. The Hall–Kier alpha value is -3.01. The lowest BCUT2D eigenvalue weighted by Gasteiger charge is -2.49. The highest BCUT2D eigenvalue weighted by Gasteiger charge is 2.53. The second-order valence-corrected chi connectivity index (χ2v) is 7.22. The summed E-state index contributed by atoms with van der Waals surface area (Å²) in [5.74, 6) is 0.507. The van der Waals surface area contributed by atoms with Crippen molar-refractivity contribution >= 4 is 11.9 Å². The summed E-state index contributed by atoms with van der Waals surface area (Å²) < 4.78 is 17.7. The minimum absolute atomic E-state index is 0.216. The minimum Gasteiger partial charge on any atom is -0.496 e. The van der Waals surface area contributed by atoms with Gasteiger partial charge in [0.05, 0.1) is 24.8 Å². The molecule has 154 valence electrons. The number of nitrogens with zero attached hydrogens (tertiary/aromatic N) is 2. The summed E-state index contributed by atoms with van der Waals surface area (Å²) in [7, 11) is 0. The fourth-order valence-electron chi connectivity index (χ4n) is 4.17. The van der Waals surface area contributed by atoms with Crippen molar-refractivity contribution in [1.29, 1.82) is 5.26 Å². The van der Waals surface area contributed by atoms with Gasteiger partial charge < -0.3 is 19.1 Å². The summed E-state index contributed by atoms with van der Waals surface area (Å²) in [6, 6.07) is 6.69. The summed E-state index contributed by atoms with van der Waals surface area (Å²) in [4.78, 5) is 26.5. The molecule has 2 aliphatic rings. The van der Waals surface area contributed by atoms with Gasteiger partial charge in [-0.2, -0.15) is 5.26 Å². The van der Waals surface area contributed by atoms with Crippen molar-refractivity contribution in [1.82, 2.24) is 4.90 Å². The molecular formula is C22H26N2O5. The van der Waals surface area contributed by atoms with Crippen LogP contribution in [0.2, 0.25) is 0 Å². The number of hydrogen-bond donors (Lipinski definition) is 0. The highest BCUT2D eigenvalue weighted by atomic mass is 16.6. The van der Waals surface area contributed by atoms with Gasteiger partial charge in [0.1, 0.15) is 23.2 Å². The second kappa shape index (κ2) is 8.16. The van der Waals surface area contributed by atoms with Crippen LogP contribution in [0.25, 0.3) is 0 Å². The molecule has 1 aromatic rings. The third-order valence-corrected chi connectivity index (χ3v) is 5.63. The van der Waals surface area contributed by atoms with Crippen LogP contribution >= 0.6 is 0 Å². The Morgan fingerprint density at radius 1 is 1.34 bits per heavy atom. The normalized spacial score (nSPS) is 22.2. The van der Waals surface area contributed by atoms with Crippen LogP contribution in [-0.4, -0.2) is 41.6 Å². The summed E-state index contributed by atoms with van der Waals surface area (Å²) in [5, 5.41) is 9.37. The van der Waals surface area contributed by atoms with Crippen LogP contribution in [0.1, 0.15) is 57.7 Å². The Labute approximate surface area is 170 Å². The third kappa shape index (κ3) is 3.67. The van der Waals surface area contributed by atoms with Gasteiger partial charge in [0.15, 0.2) is 6.10 Å². The standard InChI is InChI=1S/C22H26N2O5/c1-5-22(6-2)21(28-14(4)25)20(24-13-16(27-7-3)11-19(24)26)17-10-15(12-23)8-9-18(17)29-22/h8-11,20-21H,5-7,13H2,1-4H3/t20-,21+/m0/s1. The van der Waals surface area contributed by atoms with E-state index in [1.165, 1.54) is 13.0 Å². The fraction of sp³-hybridized carbons (Fsp3) is 0.500. The van der Waals surface area contributed by atoms with Crippen molar-refractivity contribution in [3.63, 3.8) is 0 Å². The maximum Gasteiger partial charge on any atom is 0.303 e. The van der Waals surface area contributed by atoms with E-state index in [0.717, 1.165) is 0 Å². The zero-order valence-electron chi connectivity index (χ0n) is 17.2. The number of amides is 1. The maximum atomic E-state index is 12.9. The third-order valence-electron chi connectivity index (χ3n) is 5.63. The van der Waals surface area contributed by atoms with E-state index in [0.29, 0.717) is 42.1 Å². The Kier molecular flexibility index (Phi) is 5.83. The van der Waals surface area contributed by atoms with Crippen molar-refractivity contribution in [3.8, 4) is 11.8 Å². The summed E-state index contributed by atoms with van der Waals surface area (Å²) in [5.41, 5.74) is 0.322. The van der Waals surface area contributed by atoms with Crippen LogP contribution in [0, 0.1) is 11.3 Å². The van der Waals surface area contributed by atoms with Gasteiger partial charge in [-0.15, -0.1) is 0 Å². The number of fused-ring (bicyclic) bond motifs is 1. The van der Waals surface area contributed by atoms with Gasteiger partial charge in [-0.1, -0.05) is 13.8 Å². The van der Waals surface area contributed by atoms with E-state index in [-0.39, 0.29) is 12.5 Å².